The molecule has 1 saturated heterocycles. The number of imidazole rings is 1. The Morgan fingerprint density at radius 2 is 1.93 bits per heavy atom. The molecular weight excluding hydrogens is 480 g/mol. The molecule has 4 rings (SSSR count). The maximum absolute atomic E-state index is 12.8. The molecule has 0 atom stereocenters. The fourth-order valence-electron chi connectivity index (χ4n) is 3.28. The van der Waals surface area contributed by atoms with Gasteiger partial charge in [-0.05, 0) is 59.1 Å². The molecule has 2 aromatic heterocycles. The molecule has 10 heteroatoms. The minimum atomic E-state index is -3.60. The lowest BCUT2D eigenvalue weighted by atomic mass is 10.2. The van der Waals surface area contributed by atoms with Gasteiger partial charge in [-0.15, -0.1) is 0 Å². The number of nitrogens with zero attached hydrogens (tertiary/aromatic N) is 3. The number of amides is 1. The smallest absolute Gasteiger partial charge is 0.252 e. The average molecular weight is 498 g/mol. The molecule has 0 aliphatic carbocycles. The average Bonchev–Trinajstić information content (AvgIpc) is 3.36. The largest absolute Gasteiger partial charge is 0.346 e. The highest BCUT2D eigenvalue weighted by Crippen LogP contribution is 2.25. The van der Waals surface area contributed by atoms with Crippen molar-refractivity contribution in [1.29, 1.82) is 0 Å². The van der Waals surface area contributed by atoms with E-state index in [0.29, 0.717) is 28.3 Å². The van der Waals surface area contributed by atoms with Crippen molar-refractivity contribution in [2.45, 2.75) is 24.3 Å². The fourth-order valence-corrected chi connectivity index (χ4v) is 5.42. The maximum atomic E-state index is 12.8. The molecule has 0 radical (unpaired) electrons. The second-order valence-corrected chi connectivity index (χ2v) is 10.0. The van der Waals surface area contributed by atoms with E-state index in [4.69, 9.17) is 11.6 Å². The molecule has 0 spiro atoms. The number of hydrogen-bond acceptors (Lipinski definition) is 4. The molecule has 0 bridgehead atoms. The Kier molecular flexibility index (Phi) is 5.65. The van der Waals surface area contributed by atoms with Gasteiger partial charge in [0.15, 0.2) is 0 Å². The van der Waals surface area contributed by atoms with Crippen molar-refractivity contribution >= 4 is 49.1 Å². The molecule has 29 heavy (non-hydrogen) atoms. The van der Waals surface area contributed by atoms with Gasteiger partial charge in [-0.25, -0.2) is 13.4 Å². The number of carbonyl (C=O) groups is 1. The first-order valence-electron chi connectivity index (χ1n) is 9.05. The highest BCUT2D eigenvalue weighted by Gasteiger charge is 2.28. The van der Waals surface area contributed by atoms with Crippen LogP contribution in [-0.2, 0) is 16.6 Å². The number of fused-ring (bicyclic) bond motifs is 1. The Labute approximate surface area is 181 Å². The van der Waals surface area contributed by atoms with Crippen LogP contribution in [0, 0.1) is 0 Å². The number of halogens is 2. The predicted molar refractivity (Wildman–Crippen MR) is 114 cm³/mol. The maximum Gasteiger partial charge on any atom is 0.252 e. The van der Waals surface area contributed by atoms with Crippen molar-refractivity contribution in [2.75, 3.05) is 13.1 Å². The predicted octanol–water partition coefficient (Wildman–Crippen LogP) is 3.46. The van der Waals surface area contributed by atoms with Crippen molar-refractivity contribution in [3.05, 3.63) is 63.5 Å². The zero-order valence-corrected chi connectivity index (χ0v) is 18.5. The van der Waals surface area contributed by atoms with Crippen molar-refractivity contribution in [2.24, 2.45) is 0 Å². The molecule has 1 aliphatic heterocycles. The first-order chi connectivity index (χ1) is 13.8. The molecular formula is C19H18BrClN4O3S. The quantitative estimate of drug-likeness (QED) is 0.585. The molecule has 3 aromatic rings. The lowest BCUT2D eigenvalue weighted by Crippen LogP contribution is -2.28. The second kappa shape index (κ2) is 8.06. The summed E-state index contributed by atoms with van der Waals surface area (Å²) in [4.78, 5) is 17.3. The zero-order chi connectivity index (χ0) is 20.6. The fraction of sp³-hybridized carbons (Fsp3) is 0.263. The zero-order valence-electron chi connectivity index (χ0n) is 15.3. The number of hydrogen-bond donors (Lipinski definition) is 1. The molecule has 152 valence electrons. The van der Waals surface area contributed by atoms with Gasteiger partial charge in [0.2, 0.25) is 10.0 Å². The summed E-state index contributed by atoms with van der Waals surface area (Å²) in [6, 6.07) is 8.05. The van der Waals surface area contributed by atoms with Crippen LogP contribution in [0.4, 0.5) is 0 Å². The Balaban J connectivity index is 1.53. The summed E-state index contributed by atoms with van der Waals surface area (Å²) >= 11 is 9.32. The number of pyridine rings is 1. The van der Waals surface area contributed by atoms with Crippen molar-refractivity contribution in [3.8, 4) is 0 Å². The summed E-state index contributed by atoms with van der Waals surface area (Å²) < 4.78 is 29.3. The van der Waals surface area contributed by atoms with Gasteiger partial charge >= 0.3 is 0 Å². The van der Waals surface area contributed by atoms with Gasteiger partial charge in [0.05, 0.1) is 27.7 Å². The molecule has 7 nitrogen and oxygen atoms in total. The Hall–Kier alpha value is -1.94. The van der Waals surface area contributed by atoms with Crippen LogP contribution in [0.2, 0.25) is 5.02 Å². The standard InChI is InChI=1S/C19H18BrClN4O3S/c20-17-5-4-15(29(27,28)25-7-1-2-8-25)9-16(17)19(26)22-10-14-12-24-11-13(21)3-6-18(24)23-14/h3-6,9,11-12H,1-2,7-8,10H2,(H,22,26). The van der Waals surface area contributed by atoms with E-state index >= 15 is 0 Å². The molecule has 1 aliphatic rings. The van der Waals surface area contributed by atoms with Crippen LogP contribution in [-0.4, -0.2) is 41.1 Å². The van der Waals surface area contributed by atoms with Crippen LogP contribution in [0.1, 0.15) is 28.9 Å². The molecule has 1 N–H and O–H groups in total. The minimum absolute atomic E-state index is 0.120. The first-order valence-corrected chi connectivity index (χ1v) is 11.7. The van der Waals surface area contributed by atoms with Crippen LogP contribution < -0.4 is 5.32 Å². The number of carbonyl (C=O) groups excluding carboxylic acids is 1. The van der Waals surface area contributed by atoms with Crippen molar-refractivity contribution in [1.82, 2.24) is 19.0 Å². The van der Waals surface area contributed by atoms with E-state index in [1.165, 1.54) is 16.4 Å². The first kappa shape index (κ1) is 20.3. The van der Waals surface area contributed by atoms with E-state index in [1.807, 2.05) is 0 Å². The van der Waals surface area contributed by atoms with Crippen LogP contribution in [0.5, 0.6) is 0 Å². The minimum Gasteiger partial charge on any atom is -0.346 e. The summed E-state index contributed by atoms with van der Waals surface area (Å²) in [6.07, 6.45) is 5.23. The van der Waals surface area contributed by atoms with Gasteiger partial charge in [0.1, 0.15) is 5.65 Å². The summed E-state index contributed by atoms with van der Waals surface area (Å²) in [5.74, 6) is -0.384. The monoisotopic (exact) mass is 496 g/mol. The number of sulfonamides is 1. The second-order valence-electron chi connectivity index (χ2n) is 6.78. The summed E-state index contributed by atoms with van der Waals surface area (Å²) in [7, 11) is -3.60. The third-order valence-corrected chi connectivity index (χ3v) is 7.59. The lowest BCUT2D eigenvalue weighted by molar-refractivity contribution is 0.0949. The third kappa shape index (κ3) is 4.18. The van der Waals surface area contributed by atoms with Crippen molar-refractivity contribution in [3.63, 3.8) is 0 Å². The van der Waals surface area contributed by atoms with E-state index in [2.05, 4.69) is 26.2 Å². The van der Waals surface area contributed by atoms with Crippen LogP contribution >= 0.6 is 27.5 Å². The highest BCUT2D eigenvalue weighted by molar-refractivity contribution is 9.10. The van der Waals surface area contributed by atoms with E-state index < -0.39 is 10.0 Å². The Bertz CT molecular complexity index is 1190. The number of aromatic nitrogens is 2. The normalized spacial score (nSPS) is 15.1. The molecule has 0 saturated carbocycles. The molecule has 0 unspecified atom stereocenters. The van der Waals surface area contributed by atoms with Gasteiger partial charge in [-0.1, -0.05) is 11.6 Å². The van der Waals surface area contributed by atoms with Crippen LogP contribution in [0.25, 0.3) is 5.65 Å². The van der Waals surface area contributed by atoms with E-state index in [1.54, 1.807) is 35.0 Å². The molecule has 1 fully saturated rings. The van der Waals surface area contributed by atoms with E-state index in [9.17, 15) is 13.2 Å². The van der Waals surface area contributed by atoms with Crippen LogP contribution in [0.3, 0.4) is 0 Å². The molecule has 3 heterocycles. The molecule has 1 amide bonds. The number of nitrogens with one attached hydrogen (secondary N) is 1. The number of benzene rings is 1. The highest BCUT2D eigenvalue weighted by atomic mass is 79.9. The van der Waals surface area contributed by atoms with E-state index in [0.717, 1.165) is 18.5 Å². The summed E-state index contributed by atoms with van der Waals surface area (Å²) in [5.41, 5.74) is 1.65. The van der Waals surface area contributed by atoms with E-state index in [-0.39, 0.29) is 22.9 Å². The summed E-state index contributed by atoms with van der Waals surface area (Å²) in [6.45, 7) is 1.23. The lowest BCUT2D eigenvalue weighted by Gasteiger charge is -2.16. The van der Waals surface area contributed by atoms with Gasteiger partial charge in [-0.2, -0.15) is 4.31 Å². The van der Waals surface area contributed by atoms with Crippen LogP contribution in [0.15, 0.2) is 52.1 Å². The SMILES string of the molecule is O=C(NCc1cn2cc(Cl)ccc2n1)c1cc(S(=O)(=O)N2CCCC2)ccc1Br. The van der Waals surface area contributed by atoms with Gasteiger partial charge in [0, 0.05) is 30.0 Å². The van der Waals surface area contributed by atoms with Gasteiger partial charge in [-0.3, -0.25) is 4.79 Å². The van der Waals surface area contributed by atoms with Gasteiger partial charge < -0.3 is 9.72 Å². The number of rotatable bonds is 5. The van der Waals surface area contributed by atoms with Crippen molar-refractivity contribution < 1.29 is 13.2 Å². The van der Waals surface area contributed by atoms with Gasteiger partial charge in [0.25, 0.3) is 5.91 Å². The topological polar surface area (TPSA) is 83.8 Å². The Morgan fingerprint density at radius 3 is 2.69 bits per heavy atom. The molecule has 1 aromatic carbocycles. The Morgan fingerprint density at radius 1 is 1.17 bits per heavy atom. The third-order valence-electron chi connectivity index (χ3n) is 4.78. The summed E-state index contributed by atoms with van der Waals surface area (Å²) in [5, 5.41) is 3.38.